The number of rotatable bonds is 10. The van der Waals surface area contributed by atoms with E-state index in [0.29, 0.717) is 0 Å². The average molecular weight is 777 g/mol. The number of amides is 3. The van der Waals surface area contributed by atoms with E-state index in [-0.39, 0.29) is 27.5 Å². The fraction of sp³-hybridized carbons (Fsp3) is 0.471. The first-order valence-electron chi connectivity index (χ1n) is 8.78. The summed E-state index contributed by atoms with van der Waals surface area (Å²) in [7, 11) is 0. The van der Waals surface area contributed by atoms with Crippen molar-refractivity contribution in [1.29, 1.82) is 0 Å². The molecule has 0 aromatic heterocycles. The van der Waals surface area contributed by atoms with Crippen molar-refractivity contribution in [3.05, 3.63) is 21.8 Å². The lowest BCUT2D eigenvalue weighted by molar-refractivity contribution is -0.123. The zero-order valence-electron chi connectivity index (χ0n) is 16.2. The smallest absolute Gasteiger partial charge is 0.253 e. The molecule has 0 bridgehead atoms. The van der Waals surface area contributed by atoms with Crippen LogP contribution in [-0.4, -0.2) is 87.9 Å². The van der Waals surface area contributed by atoms with E-state index in [0.717, 1.165) is 0 Å². The summed E-state index contributed by atoms with van der Waals surface area (Å²) in [6.07, 6.45) is -1.36. The van der Waals surface area contributed by atoms with Crippen LogP contribution in [0.25, 0.3) is 0 Å². The molecule has 0 saturated heterocycles. The molecule has 174 valence electrons. The largest absolute Gasteiger partial charge is 0.394 e. The number of carbonyl (C=O) groups is 3. The van der Waals surface area contributed by atoms with Crippen LogP contribution in [-0.2, 0) is 4.79 Å². The summed E-state index contributed by atoms with van der Waals surface area (Å²) >= 11 is 5.41. The highest BCUT2D eigenvalue weighted by atomic mass is 127. The highest BCUT2D eigenvalue weighted by molar-refractivity contribution is 14.1. The van der Waals surface area contributed by atoms with E-state index >= 15 is 0 Å². The number of anilines is 1. The summed E-state index contributed by atoms with van der Waals surface area (Å²) in [5.74, 6) is -2.18. The van der Waals surface area contributed by atoms with Gasteiger partial charge >= 0.3 is 0 Å². The minimum atomic E-state index is -1.36. The molecular weight excluding hydrogens is 755 g/mol. The second-order valence-corrected chi connectivity index (χ2v) is 9.54. The number of halogens is 3. The van der Waals surface area contributed by atoms with Crippen molar-refractivity contribution >= 4 is 91.2 Å². The lowest BCUT2D eigenvalue weighted by atomic mass is 10.1. The number of nitrogens with one attached hydrogen (secondary N) is 3. The minimum absolute atomic E-state index is 0.00380. The van der Waals surface area contributed by atoms with Gasteiger partial charge in [0.05, 0.1) is 62.5 Å². The van der Waals surface area contributed by atoms with Crippen molar-refractivity contribution in [2.75, 3.05) is 31.7 Å². The van der Waals surface area contributed by atoms with Gasteiger partial charge in [-0.15, -0.1) is 0 Å². The first kappa shape index (κ1) is 28.7. The molecule has 3 amide bonds. The Hall–Kier alpha value is -0.380. The van der Waals surface area contributed by atoms with Crippen LogP contribution in [0.5, 0.6) is 0 Å². The second kappa shape index (κ2) is 13.4. The summed E-state index contributed by atoms with van der Waals surface area (Å²) in [6, 6.07) is -1.89. The molecule has 14 heteroatoms. The third kappa shape index (κ3) is 7.30. The first-order chi connectivity index (χ1) is 14.5. The van der Waals surface area contributed by atoms with Crippen molar-refractivity contribution in [2.45, 2.75) is 25.1 Å². The molecule has 0 aliphatic heterocycles. The van der Waals surface area contributed by atoms with Crippen LogP contribution in [0.15, 0.2) is 0 Å². The van der Waals surface area contributed by atoms with Gasteiger partial charge in [-0.25, -0.2) is 0 Å². The highest BCUT2D eigenvalue weighted by Gasteiger charge is 2.30. The van der Waals surface area contributed by atoms with Gasteiger partial charge in [0.2, 0.25) is 0 Å². The molecule has 0 spiro atoms. The standard InChI is InChI=1S/C17H22I3N3O8/c1-6(28)15(29)23-14-12(19)9(16(30)21-7(2-24)3-25)11(18)10(13(14)20)17(31)22-8(4-26)5-27/h6-8,24-28H,2-5H2,1H3,(H,21,30)(H,22,31)(H,23,29)/t6-/m1/s1. The summed E-state index contributed by atoms with van der Waals surface area (Å²) in [5, 5.41) is 54.0. The van der Waals surface area contributed by atoms with Crippen LogP contribution in [0.1, 0.15) is 27.6 Å². The van der Waals surface area contributed by atoms with Crippen LogP contribution in [0, 0.1) is 10.7 Å². The molecule has 1 aromatic carbocycles. The molecule has 31 heavy (non-hydrogen) atoms. The normalized spacial score (nSPS) is 12.1. The molecular formula is C17H22I3N3O8. The van der Waals surface area contributed by atoms with Gasteiger partial charge in [-0.3, -0.25) is 14.4 Å². The number of carbonyl (C=O) groups excluding carboxylic acids is 3. The molecule has 0 aliphatic carbocycles. The molecule has 8 N–H and O–H groups in total. The Morgan fingerprint density at radius 1 is 0.774 bits per heavy atom. The fourth-order valence-electron chi connectivity index (χ4n) is 2.21. The molecule has 11 nitrogen and oxygen atoms in total. The molecule has 1 rings (SSSR count). The molecule has 1 aromatic rings. The Labute approximate surface area is 218 Å². The molecule has 0 heterocycles. The SMILES string of the molecule is C[C@@H](O)C(=O)Nc1c(I)c(C(=O)NC(CO)CO)c(I)c(C(=O)NC(CO)CO)c1I. The van der Waals surface area contributed by atoms with E-state index in [2.05, 4.69) is 16.0 Å². The summed E-state index contributed by atoms with van der Waals surface area (Å²) in [4.78, 5) is 37.9. The van der Waals surface area contributed by atoms with E-state index in [1.54, 1.807) is 22.6 Å². The first-order valence-corrected chi connectivity index (χ1v) is 12.0. The third-order valence-electron chi connectivity index (χ3n) is 3.95. The number of aliphatic hydroxyl groups excluding tert-OH is 5. The number of aliphatic hydroxyl groups is 5. The van der Waals surface area contributed by atoms with Crippen molar-refractivity contribution in [1.82, 2.24) is 10.6 Å². The fourth-order valence-corrected chi connectivity index (χ4v) is 6.63. The molecule has 0 saturated carbocycles. The van der Waals surface area contributed by atoms with E-state index in [9.17, 15) is 39.9 Å². The van der Waals surface area contributed by atoms with Crippen LogP contribution in [0.4, 0.5) is 5.69 Å². The Kier molecular flexibility index (Phi) is 12.3. The predicted octanol–water partition coefficient (Wildman–Crippen LogP) is -1.01. The monoisotopic (exact) mass is 777 g/mol. The maximum absolute atomic E-state index is 12.9. The lowest BCUT2D eigenvalue weighted by Gasteiger charge is -2.22. The van der Waals surface area contributed by atoms with Crippen molar-refractivity contribution in [2.24, 2.45) is 0 Å². The van der Waals surface area contributed by atoms with Gasteiger partial charge in [0.1, 0.15) is 6.10 Å². The minimum Gasteiger partial charge on any atom is -0.394 e. The topological polar surface area (TPSA) is 188 Å². The summed E-state index contributed by atoms with van der Waals surface area (Å²) in [6.45, 7) is -0.829. The lowest BCUT2D eigenvalue weighted by Crippen LogP contribution is -2.42. The third-order valence-corrected chi connectivity index (χ3v) is 7.19. The zero-order valence-corrected chi connectivity index (χ0v) is 22.6. The number of hydrogen-bond acceptors (Lipinski definition) is 8. The molecule has 0 fully saturated rings. The Morgan fingerprint density at radius 3 is 1.42 bits per heavy atom. The van der Waals surface area contributed by atoms with E-state index in [1.165, 1.54) is 6.92 Å². The molecule has 0 aliphatic rings. The van der Waals surface area contributed by atoms with Gasteiger partial charge in [-0.05, 0) is 74.7 Å². The quantitative estimate of drug-likeness (QED) is 0.139. The Bertz CT molecular complexity index is 776. The van der Waals surface area contributed by atoms with Gasteiger partial charge in [0.15, 0.2) is 0 Å². The van der Waals surface area contributed by atoms with Gasteiger partial charge in [0, 0.05) is 3.57 Å². The average Bonchev–Trinajstić information content (AvgIpc) is 2.72. The molecule has 0 radical (unpaired) electrons. The van der Waals surface area contributed by atoms with Crippen LogP contribution < -0.4 is 16.0 Å². The zero-order chi connectivity index (χ0) is 23.9. The highest BCUT2D eigenvalue weighted by Crippen LogP contribution is 2.36. The summed E-state index contributed by atoms with van der Waals surface area (Å²) in [5.41, 5.74) is 0.116. The van der Waals surface area contributed by atoms with Gasteiger partial charge in [0.25, 0.3) is 17.7 Å². The van der Waals surface area contributed by atoms with E-state index in [4.69, 9.17) is 0 Å². The van der Waals surface area contributed by atoms with E-state index in [1.807, 2.05) is 45.2 Å². The van der Waals surface area contributed by atoms with E-state index < -0.39 is 62.3 Å². The number of benzene rings is 1. The second-order valence-electron chi connectivity index (χ2n) is 6.30. The molecule has 0 unspecified atom stereocenters. The Morgan fingerprint density at radius 2 is 1.13 bits per heavy atom. The Balaban J connectivity index is 3.66. The molecule has 1 atom stereocenters. The number of hydrogen-bond donors (Lipinski definition) is 8. The van der Waals surface area contributed by atoms with Gasteiger partial charge in [-0.1, -0.05) is 0 Å². The summed E-state index contributed by atoms with van der Waals surface area (Å²) < 4.78 is 0.746. The predicted molar refractivity (Wildman–Crippen MR) is 136 cm³/mol. The van der Waals surface area contributed by atoms with Gasteiger partial charge < -0.3 is 41.5 Å². The van der Waals surface area contributed by atoms with Crippen LogP contribution in [0.2, 0.25) is 0 Å². The van der Waals surface area contributed by atoms with Crippen molar-refractivity contribution in [3.8, 4) is 0 Å². The maximum Gasteiger partial charge on any atom is 0.253 e. The van der Waals surface area contributed by atoms with Gasteiger partial charge in [-0.2, -0.15) is 0 Å². The maximum atomic E-state index is 12.9. The van der Waals surface area contributed by atoms with Crippen molar-refractivity contribution < 1.29 is 39.9 Å². The van der Waals surface area contributed by atoms with Crippen LogP contribution >= 0.6 is 67.8 Å². The van der Waals surface area contributed by atoms with Crippen LogP contribution in [0.3, 0.4) is 0 Å². The van der Waals surface area contributed by atoms with Crippen molar-refractivity contribution in [3.63, 3.8) is 0 Å².